The minimum absolute atomic E-state index is 0.0211. The summed E-state index contributed by atoms with van der Waals surface area (Å²) < 4.78 is 39.2. The Labute approximate surface area is 147 Å². The summed E-state index contributed by atoms with van der Waals surface area (Å²) in [7, 11) is 0. The summed E-state index contributed by atoms with van der Waals surface area (Å²) in [4.78, 5) is 11.7. The fraction of sp³-hybridized carbons (Fsp3) is 0.312. The van der Waals surface area contributed by atoms with E-state index in [4.69, 9.17) is 11.6 Å². The van der Waals surface area contributed by atoms with Gasteiger partial charge in [-0.25, -0.2) is 0 Å². The number of alkyl halides is 3. The summed E-state index contributed by atoms with van der Waals surface area (Å²) in [6.45, 7) is 3.81. The number of hydrogen-bond donors (Lipinski definition) is 2. The molecule has 134 valence electrons. The molecule has 0 fully saturated rings. The number of benzene rings is 1. The molecule has 0 aliphatic rings. The van der Waals surface area contributed by atoms with Crippen molar-refractivity contribution in [3.05, 3.63) is 40.9 Å². The normalized spacial score (nSPS) is 11.5. The Morgan fingerprint density at radius 1 is 1.16 bits per heavy atom. The lowest BCUT2D eigenvalue weighted by Gasteiger charge is -2.14. The van der Waals surface area contributed by atoms with Crippen molar-refractivity contribution < 1.29 is 18.0 Å². The van der Waals surface area contributed by atoms with Crippen LogP contribution >= 0.6 is 11.6 Å². The molecule has 1 amide bonds. The van der Waals surface area contributed by atoms with Gasteiger partial charge in [-0.05, 0) is 36.2 Å². The summed E-state index contributed by atoms with van der Waals surface area (Å²) in [5.74, 6) is 0.319. The third-order valence-corrected chi connectivity index (χ3v) is 3.31. The van der Waals surface area contributed by atoms with E-state index in [0.29, 0.717) is 6.42 Å². The first kappa shape index (κ1) is 19.0. The van der Waals surface area contributed by atoms with Crippen LogP contribution in [-0.4, -0.2) is 16.1 Å². The van der Waals surface area contributed by atoms with Gasteiger partial charge in [0, 0.05) is 11.4 Å². The van der Waals surface area contributed by atoms with E-state index in [1.54, 1.807) is 0 Å². The monoisotopic (exact) mass is 372 g/mol. The van der Waals surface area contributed by atoms with E-state index in [-0.39, 0.29) is 34.2 Å². The zero-order valence-corrected chi connectivity index (χ0v) is 14.2. The van der Waals surface area contributed by atoms with Crippen molar-refractivity contribution in [2.24, 2.45) is 5.92 Å². The molecule has 0 saturated carbocycles. The van der Waals surface area contributed by atoms with Crippen LogP contribution in [0.25, 0.3) is 0 Å². The molecule has 2 N–H and O–H groups in total. The van der Waals surface area contributed by atoms with Crippen molar-refractivity contribution in [2.75, 3.05) is 10.6 Å². The SMILES string of the molecule is CC(C)CC(=O)Nc1ccc(Nc2ccc(Cl)cc2C(F)(F)F)nn1. The summed E-state index contributed by atoms with van der Waals surface area (Å²) in [6.07, 6.45) is -4.23. The first-order valence-electron chi connectivity index (χ1n) is 7.42. The Balaban J connectivity index is 2.13. The zero-order chi connectivity index (χ0) is 18.6. The minimum atomic E-state index is -4.56. The van der Waals surface area contributed by atoms with Gasteiger partial charge < -0.3 is 10.6 Å². The van der Waals surface area contributed by atoms with E-state index in [0.717, 1.165) is 6.07 Å². The van der Waals surface area contributed by atoms with Crippen molar-refractivity contribution >= 4 is 34.8 Å². The van der Waals surface area contributed by atoms with Gasteiger partial charge in [-0.3, -0.25) is 4.79 Å². The van der Waals surface area contributed by atoms with Crippen molar-refractivity contribution in [1.29, 1.82) is 0 Å². The van der Waals surface area contributed by atoms with Gasteiger partial charge >= 0.3 is 6.18 Å². The highest BCUT2D eigenvalue weighted by molar-refractivity contribution is 6.30. The van der Waals surface area contributed by atoms with Crippen LogP contribution in [0.1, 0.15) is 25.8 Å². The molecule has 0 atom stereocenters. The quantitative estimate of drug-likeness (QED) is 0.785. The van der Waals surface area contributed by atoms with Crippen LogP contribution in [0.15, 0.2) is 30.3 Å². The maximum Gasteiger partial charge on any atom is 0.418 e. The standard InChI is InChI=1S/C16H16ClF3N4O/c1-9(2)7-15(25)22-14-6-5-13(23-24-14)21-12-4-3-10(17)8-11(12)16(18,19)20/h3-6,8-9H,7H2,1-2H3,(H,21,23)(H,22,24,25). The maximum absolute atomic E-state index is 13.1. The van der Waals surface area contributed by atoms with Crippen LogP contribution in [-0.2, 0) is 11.0 Å². The van der Waals surface area contributed by atoms with Gasteiger partial charge in [0.1, 0.15) is 0 Å². The number of rotatable bonds is 5. The lowest BCUT2D eigenvalue weighted by molar-refractivity contribution is -0.136. The molecule has 1 aromatic heterocycles. The summed E-state index contributed by atoms with van der Waals surface area (Å²) in [5, 5.41) is 12.7. The van der Waals surface area contributed by atoms with Gasteiger partial charge in [-0.15, -0.1) is 10.2 Å². The maximum atomic E-state index is 13.1. The Kier molecular flexibility index (Phi) is 5.84. The molecular formula is C16H16ClF3N4O. The van der Waals surface area contributed by atoms with Gasteiger partial charge in [-0.2, -0.15) is 13.2 Å². The lowest BCUT2D eigenvalue weighted by Crippen LogP contribution is -2.15. The Morgan fingerprint density at radius 2 is 1.80 bits per heavy atom. The number of amides is 1. The number of carbonyl (C=O) groups is 1. The van der Waals surface area contributed by atoms with E-state index in [1.165, 1.54) is 24.3 Å². The number of nitrogens with one attached hydrogen (secondary N) is 2. The van der Waals surface area contributed by atoms with E-state index < -0.39 is 11.7 Å². The molecule has 5 nitrogen and oxygen atoms in total. The van der Waals surface area contributed by atoms with Gasteiger partial charge in [0.05, 0.1) is 11.3 Å². The number of nitrogens with zero attached hydrogens (tertiary/aromatic N) is 2. The molecule has 0 bridgehead atoms. The highest BCUT2D eigenvalue weighted by atomic mass is 35.5. The van der Waals surface area contributed by atoms with Crippen LogP contribution in [0.3, 0.4) is 0 Å². The van der Waals surface area contributed by atoms with Crippen molar-refractivity contribution in [3.63, 3.8) is 0 Å². The number of halogens is 4. The minimum Gasteiger partial charge on any atom is -0.338 e. The number of hydrogen-bond acceptors (Lipinski definition) is 4. The third-order valence-electron chi connectivity index (χ3n) is 3.08. The number of anilines is 3. The van der Waals surface area contributed by atoms with Crippen molar-refractivity contribution in [2.45, 2.75) is 26.4 Å². The van der Waals surface area contributed by atoms with Crippen LogP contribution in [0.2, 0.25) is 5.02 Å². The second kappa shape index (κ2) is 7.69. The molecule has 1 aromatic carbocycles. The molecule has 0 saturated heterocycles. The average molecular weight is 373 g/mol. The molecule has 0 aliphatic heterocycles. The molecule has 0 spiro atoms. The highest BCUT2D eigenvalue weighted by Crippen LogP contribution is 2.37. The smallest absolute Gasteiger partial charge is 0.338 e. The summed E-state index contributed by atoms with van der Waals surface area (Å²) in [6, 6.07) is 6.26. The Bertz CT molecular complexity index is 748. The topological polar surface area (TPSA) is 66.9 Å². The van der Waals surface area contributed by atoms with Crippen LogP contribution in [0.5, 0.6) is 0 Å². The molecular weight excluding hydrogens is 357 g/mol. The van der Waals surface area contributed by atoms with Crippen molar-refractivity contribution in [1.82, 2.24) is 10.2 Å². The number of aromatic nitrogens is 2. The Morgan fingerprint density at radius 3 is 2.36 bits per heavy atom. The number of carbonyl (C=O) groups excluding carboxylic acids is 1. The molecule has 0 radical (unpaired) electrons. The van der Waals surface area contributed by atoms with Crippen LogP contribution < -0.4 is 10.6 Å². The predicted molar refractivity (Wildman–Crippen MR) is 89.9 cm³/mol. The molecule has 1 heterocycles. The third kappa shape index (κ3) is 5.60. The fourth-order valence-electron chi connectivity index (χ4n) is 2.03. The highest BCUT2D eigenvalue weighted by Gasteiger charge is 2.34. The fourth-order valence-corrected chi connectivity index (χ4v) is 2.20. The molecule has 2 rings (SSSR count). The van der Waals surface area contributed by atoms with Crippen LogP contribution in [0.4, 0.5) is 30.5 Å². The first-order chi connectivity index (χ1) is 11.6. The average Bonchev–Trinajstić information content (AvgIpc) is 2.49. The second-order valence-corrected chi connectivity index (χ2v) is 6.20. The van der Waals surface area contributed by atoms with E-state index in [9.17, 15) is 18.0 Å². The first-order valence-corrected chi connectivity index (χ1v) is 7.80. The summed E-state index contributed by atoms with van der Waals surface area (Å²) in [5.41, 5.74) is -1.10. The van der Waals surface area contributed by atoms with E-state index in [1.807, 2.05) is 13.8 Å². The summed E-state index contributed by atoms with van der Waals surface area (Å²) >= 11 is 5.64. The zero-order valence-electron chi connectivity index (χ0n) is 13.5. The molecule has 25 heavy (non-hydrogen) atoms. The van der Waals surface area contributed by atoms with E-state index in [2.05, 4.69) is 20.8 Å². The molecule has 0 unspecified atom stereocenters. The van der Waals surface area contributed by atoms with E-state index >= 15 is 0 Å². The van der Waals surface area contributed by atoms with Gasteiger partial charge in [0.2, 0.25) is 5.91 Å². The molecule has 2 aromatic rings. The Hall–Kier alpha value is -2.35. The molecule has 0 aliphatic carbocycles. The lowest BCUT2D eigenvalue weighted by atomic mass is 10.1. The van der Waals surface area contributed by atoms with Crippen molar-refractivity contribution in [3.8, 4) is 0 Å². The van der Waals surface area contributed by atoms with Gasteiger partial charge in [-0.1, -0.05) is 25.4 Å². The van der Waals surface area contributed by atoms with Gasteiger partial charge in [0.25, 0.3) is 0 Å². The molecule has 9 heteroatoms. The van der Waals surface area contributed by atoms with Crippen LogP contribution in [0, 0.1) is 5.92 Å². The predicted octanol–water partition coefficient (Wildman–Crippen LogP) is 4.88. The largest absolute Gasteiger partial charge is 0.418 e. The van der Waals surface area contributed by atoms with Gasteiger partial charge in [0.15, 0.2) is 11.6 Å². The second-order valence-electron chi connectivity index (χ2n) is 5.76.